The number of carbonyl (C=O) groups is 1. The number of thiazole rings is 1. The van der Waals surface area contributed by atoms with Crippen LogP contribution in [0.4, 0.5) is 0 Å². The lowest BCUT2D eigenvalue weighted by Gasteiger charge is -2.03. The minimum absolute atomic E-state index is 0.0195. The van der Waals surface area contributed by atoms with Crippen LogP contribution in [0.15, 0.2) is 35.9 Å². The van der Waals surface area contributed by atoms with Gasteiger partial charge in [-0.15, -0.1) is 11.3 Å². The van der Waals surface area contributed by atoms with Gasteiger partial charge in [0.25, 0.3) is 0 Å². The van der Waals surface area contributed by atoms with E-state index in [2.05, 4.69) is 11.6 Å². The Morgan fingerprint density at radius 1 is 1.36 bits per heavy atom. The molecule has 2 rings (SSSR count). The number of carbonyl (C=O) groups excluding carboxylic acids is 1. The highest BCUT2D eigenvalue weighted by molar-refractivity contribution is 7.13. The molecule has 22 heavy (non-hydrogen) atoms. The average molecular weight is 358 g/mol. The molecule has 1 aromatic heterocycles. The molecule has 0 N–H and O–H groups in total. The Hall–Kier alpha value is -1.56. The van der Waals surface area contributed by atoms with Gasteiger partial charge in [-0.05, 0) is 31.2 Å². The van der Waals surface area contributed by atoms with Crippen molar-refractivity contribution in [1.82, 2.24) is 4.98 Å². The summed E-state index contributed by atoms with van der Waals surface area (Å²) in [5.41, 5.74) is 0.602. The second-order valence-electron chi connectivity index (χ2n) is 4.36. The molecule has 4 nitrogen and oxygen atoms in total. The minimum atomic E-state index is -0.463. The van der Waals surface area contributed by atoms with Gasteiger partial charge >= 0.3 is 5.97 Å². The minimum Gasteiger partial charge on any atom is -0.486 e. The topological polar surface area (TPSA) is 48.4 Å². The van der Waals surface area contributed by atoms with E-state index in [-0.39, 0.29) is 18.2 Å². The Bertz CT molecular complexity index is 683. The van der Waals surface area contributed by atoms with Crippen molar-refractivity contribution >= 4 is 40.5 Å². The Balaban J connectivity index is 1.98. The van der Waals surface area contributed by atoms with Crippen LogP contribution in [-0.4, -0.2) is 17.6 Å². The molecular weight excluding hydrogens is 345 g/mol. The predicted molar refractivity (Wildman–Crippen MR) is 87.9 cm³/mol. The Morgan fingerprint density at radius 3 is 2.68 bits per heavy atom. The fourth-order valence-electron chi connectivity index (χ4n) is 1.59. The number of hydrogen-bond donors (Lipinski definition) is 0. The van der Waals surface area contributed by atoms with Gasteiger partial charge in [-0.2, -0.15) is 0 Å². The van der Waals surface area contributed by atoms with Crippen molar-refractivity contribution in [3.63, 3.8) is 0 Å². The number of esters is 1. The van der Waals surface area contributed by atoms with Crippen molar-refractivity contribution in [2.75, 3.05) is 6.61 Å². The predicted octanol–water partition coefficient (Wildman–Crippen LogP) is 4.59. The lowest BCUT2D eigenvalue weighted by Crippen LogP contribution is -2.05. The zero-order valence-corrected chi connectivity index (χ0v) is 14.1. The van der Waals surface area contributed by atoms with Gasteiger partial charge in [-0.3, -0.25) is 0 Å². The van der Waals surface area contributed by atoms with E-state index in [9.17, 15) is 4.79 Å². The zero-order chi connectivity index (χ0) is 16.1. The van der Waals surface area contributed by atoms with Crippen molar-refractivity contribution in [3.8, 4) is 5.75 Å². The van der Waals surface area contributed by atoms with Crippen molar-refractivity contribution in [2.24, 2.45) is 0 Å². The second-order valence-corrected chi connectivity index (χ2v) is 6.41. The monoisotopic (exact) mass is 357 g/mol. The first kappa shape index (κ1) is 16.8. The van der Waals surface area contributed by atoms with Gasteiger partial charge in [0.15, 0.2) is 0 Å². The van der Waals surface area contributed by atoms with Crippen LogP contribution in [0.2, 0.25) is 5.02 Å². The highest BCUT2D eigenvalue weighted by Gasteiger charge is 2.17. The Kier molecular flexibility index (Phi) is 5.83. The van der Waals surface area contributed by atoms with Crippen LogP contribution in [0, 0.1) is 6.92 Å². The number of aryl methyl sites for hydroxylation is 1. The lowest BCUT2D eigenvalue weighted by molar-refractivity contribution is 0.0551. The average Bonchev–Trinajstić information content (AvgIpc) is 2.85. The molecule has 0 bridgehead atoms. The Morgan fingerprint density at radius 2 is 2.05 bits per heavy atom. The van der Waals surface area contributed by atoms with Gasteiger partial charge in [0.05, 0.1) is 5.69 Å². The first-order chi connectivity index (χ1) is 10.5. The maximum Gasteiger partial charge on any atom is 0.350 e. The number of hydrogen-bond acceptors (Lipinski definition) is 5. The highest BCUT2D eigenvalue weighted by Crippen LogP contribution is 2.22. The van der Waals surface area contributed by atoms with Crippen LogP contribution in [0.5, 0.6) is 5.75 Å². The van der Waals surface area contributed by atoms with Crippen molar-refractivity contribution in [3.05, 3.63) is 56.5 Å². The fraction of sp³-hybridized carbons (Fsp3) is 0.200. The van der Waals surface area contributed by atoms with E-state index in [1.165, 1.54) is 11.3 Å². The molecule has 1 aromatic carbocycles. The normalized spacial score (nSPS) is 10.3. The molecule has 0 amide bonds. The number of rotatable bonds is 6. The van der Waals surface area contributed by atoms with Crippen LogP contribution in [0.3, 0.4) is 0 Å². The molecule has 1 heterocycles. The quantitative estimate of drug-likeness (QED) is 0.709. The molecule has 2 aromatic rings. The number of ether oxygens (including phenoxy) is 2. The summed E-state index contributed by atoms with van der Waals surface area (Å²) in [7, 11) is 0. The van der Waals surface area contributed by atoms with E-state index < -0.39 is 5.97 Å². The summed E-state index contributed by atoms with van der Waals surface area (Å²) in [5.74, 6) is 0.217. The summed E-state index contributed by atoms with van der Waals surface area (Å²) in [6.45, 7) is 5.46. The maximum atomic E-state index is 11.9. The van der Waals surface area contributed by atoms with Gasteiger partial charge in [-0.25, -0.2) is 9.78 Å². The summed E-state index contributed by atoms with van der Waals surface area (Å²) in [4.78, 5) is 16.6. The van der Waals surface area contributed by atoms with E-state index in [0.717, 1.165) is 0 Å². The van der Waals surface area contributed by atoms with Crippen molar-refractivity contribution in [2.45, 2.75) is 13.5 Å². The Labute approximate surface area is 142 Å². The van der Waals surface area contributed by atoms with Crippen LogP contribution in [0.25, 0.3) is 0 Å². The van der Waals surface area contributed by atoms with E-state index >= 15 is 0 Å². The van der Waals surface area contributed by atoms with Crippen LogP contribution in [-0.2, 0) is 11.3 Å². The standard InChI is InChI=1S/C15H13Cl2NO3S/c1-9(16)7-21-15(19)14-10(2)18-13(22-14)8-20-12-5-3-11(17)4-6-12/h3-6H,1,7-8H2,2H3. The molecule has 116 valence electrons. The number of nitrogens with zero attached hydrogens (tertiary/aromatic N) is 1. The first-order valence-corrected chi connectivity index (χ1v) is 7.88. The largest absolute Gasteiger partial charge is 0.486 e. The molecule has 0 spiro atoms. The molecule has 0 saturated carbocycles. The fourth-order valence-corrected chi connectivity index (χ4v) is 2.64. The van der Waals surface area contributed by atoms with Crippen LogP contribution >= 0.6 is 34.5 Å². The van der Waals surface area contributed by atoms with E-state index in [0.29, 0.717) is 26.4 Å². The van der Waals surface area contributed by atoms with Gasteiger partial charge < -0.3 is 9.47 Å². The molecule has 0 atom stereocenters. The zero-order valence-electron chi connectivity index (χ0n) is 11.8. The van der Waals surface area contributed by atoms with Gasteiger partial charge in [-0.1, -0.05) is 29.8 Å². The summed E-state index contributed by atoms with van der Waals surface area (Å²) >= 11 is 12.6. The van der Waals surface area contributed by atoms with E-state index in [4.69, 9.17) is 32.7 Å². The molecule has 0 aliphatic rings. The molecule has 0 radical (unpaired) electrons. The lowest BCUT2D eigenvalue weighted by atomic mass is 10.3. The third-order valence-corrected chi connectivity index (χ3v) is 4.03. The third-order valence-electron chi connectivity index (χ3n) is 2.56. The van der Waals surface area contributed by atoms with E-state index in [1.54, 1.807) is 31.2 Å². The third kappa shape index (κ3) is 4.73. The SMILES string of the molecule is C=C(Cl)COC(=O)c1sc(COc2ccc(Cl)cc2)nc1C. The molecule has 0 fully saturated rings. The van der Waals surface area contributed by atoms with E-state index in [1.807, 2.05) is 0 Å². The number of halogens is 2. The van der Waals surface area contributed by atoms with Crippen LogP contribution < -0.4 is 4.74 Å². The van der Waals surface area contributed by atoms with Gasteiger partial charge in [0.1, 0.15) is 28.8 Å². The summed E-state index contributed by atoms with van der Waals surface area (Å²) in [6.07, 6.45) is 0. The molecule has 0 unspecified atom stereocenters. The smallest absolute Gasteiger partial charge is 0.350 e. The highest BCUT2D eigenvalue weighted by atomic mass is 35.5. The molecule has 0 saturated heterocycles. The summed E-state index contributed by atoms with van der Waals surface area (Å²) < 4.78 is 10.6. The van der Waals surface area contributed by atoms with Gasteiger partial charge in [0, 0.05) is 10.1 Å². The van der Waals surface area contributed by atoms with Gasteiger partial charge in [0.2, 0.25) is 0 Å². The molecular formula is C15H13Cl2NO3S. The summed E-state index contributed by atoms with van der Waals surface area (Å²) in [5, 5.41) is 1.59. The summed E-state index contributed by atoms with van der Waals surface area (Å²) in [6, 6.07) is 7.02. The number of benzene rings is 1. The van der Waals surface area contributed by atoms with Crippen molar-refractivity contribution in [1.29, 1.82) is 0 Å². The molecule has 0 aliphatic carbocycles. The molecule has 7 heteroatoms. The first-order valence-electron chi connectivity index (χ1n) is 6.31. The maximum absolute atomic E-state index is 11.9. The van der Waals surface area contributed by atoms with Crippen molar-refractivity contribution < 1.29 is 14.3 Å². The van der Waals surface area contributed by atoms with Crippen LogP contribution in [0.1, 0.15) is 20.4 Å². The molecule has 0 aliphatic heterocycles. The number of aromatic nitrogens is 1. The second kappa shape index (κ2) is 7.63.